The number of para-hydroxylation sites is 1. The van der Waals surface area contributed by atoms with E-state index in [0.29, 0.717) is 0 Å². The number of primary sulfonamides is 1. The number of hydrogen-bond donors (Lipinski definition) is 2. The zero-order valence-electron chi connectivity index (χ0n) is 20.7. The number of aromatic nitrogens is 2. The molecule has 1 aliphatic carbocycles. The molecule has 3 N–H and O–H groups in total. The van der Waals surface area contributed by atoms with E-state index >= 15 is 13.2 Å². The predicted octanol–water partition coefficient (Wildman–Crippen LogP) is 3.30. The fraction of sp³-hybridized carbons (Fsp3) is 0.269. The third kappa shape index (κ3) is 3.95. The third-order valence-corrected chi connectivity index (χ3v) is 7.99. The quantitative estimate of drug-likeness (QED) is 0.505. The molecule has 1 unspecified atom stereocenters. The van der Waals surface area contributed by atoms with Gasteiger partial charge in [-0.25, -0.2) is 18.2 Å². The van der Waals surface area contributed by atoms with Crippen molar-refractivity contribution in [2.24, 2.45) is 10.6 Å². The standard InChI is InChI=1S/C26H23F3N4O5S/c1-24(2)12-19-21(20(34)13-24)25(26(27,28)29,23(36)32(19)15-6-4-3-5-7-15)18-14-31-33(22(18)35)16-8-10-17(11-9-16)39(30,37)38/h3-11,14,31H,12-13H2,1-2H3,(H2,30,37,38). The van der Waals surface area contributed by atoms with Gasteiger partial charge in [0, 0.05) is 29.6 Å². The first-order valence-electron chi connectivity index (χ1n) is 11.8. The molecule has 13 heteroatoms. The van der Waals surface area contributed by atoms with E-state index in [0.717, 1.165) is 27.9 Å². The number of ketones is 1. The highest BCUT2D eigenvalue weighted by Gasteiger charge is 2.73. The number of anilines is 1. The summed E-state index contributed by atoms with van der Waals surface area (Å²) < 4.78 is 69.7. The Morgan fingerprint density at radius 1 is 0.923 bits per heavy atom. The maximum atomic E-state index is 15.3. The average molecular weight is 561 g/mol. The van der Waals surface area contributed by atoms with E-state index in [2.05, 4.69) is 5.10 Å². The zero-order chi connectivity index (χ0) is 28.5. The maximum absolute atomic E-state index is 15.3. The summed E-state index contributed by atoms with van der Waals surface area (Å²) in [7, 11) is -4.06. The number of H-pyrrole nitrogens is 1. The summed E-state index contributed by atoms with van der Waals surface area (Å²) in [5.41, 5.74) is -7.17. The van der Waals surface area contributed by atoms with Crippen LogP contribution in [0.3, 0.4) is 0 Å². The van der Waals surface area contributed by atoms with Crippen molar-refractivity contribution < 1.29 is 31.2 Å². The first kappa shape index (κ1) is 26.6. The molecule has 3 aromatic rings. The Morgan fingerprint density at radius 3 is 2.10 bits per heavy atom. The highest BCUT2D eigenvalue weighted by molar-refractivity contribution is 7.89. The van der Waals surface area contributed by atoms with Crippen molar-refractivity contribution >= 4 is 27.4 Å². The topological polar surface area (TPSA) is 135 Å². The summed E-state index contributed by atoms with van der Waals surface area (Å²) in [5.74, 6) is -2.33. The van der Waals surface area contributed by atoms with Gasteiger partial charge in [0.15, 0.2) is 5.78 Å². The van der Waals surface area contributed by atoms with Crippen molar-refractivity contribution in [1.29, 1.82) is 0 Å². The van der Waals surface area contributed by atoms with Gasteiger partial charge in [0.05, 0.1) is 16.1 Å². The van der Waals surface area contributed by atoms with Gasteiger partial charge in [0.2, 0.25) is 15.4 Å². The largest absolute Gasteiger partial charge is 0.411 e. The van der Waals surface area contributed by atoms with Crippen LogP contribution in [0.4, 0.5) is 18.9 Å². The van der Waals surface area contributed by atoms with Gasteiger partial charge >= 0.3 is 6.18 Å². The van der Waals surface area contributed by atoms with Gasteiger partial charge in [0.25, 0.3) is 11.5 Å². The number of hydrogen-bond acceptors (Lipinski definition) is 5. The number of halogens is 3. The highest BCUT2D eigenvalue weighted by atomic mass is 32.2. The molecule has 2 aliphatic rings. The van der Waals surface area contributed by atoms with Crippen LogP contribution >= 0.6 is 0 Å². The molecule has 0 saturated heterocycles. The number of sulfonamides is 1. The molecule has 9 nitrogen and oxygen atoms in total. The summed E-state index contributed by atoms with van der Waals surface area (Å²) in [6.45, 7) is 3.45. The van der Waals surface area contributed by atoms with Gasteiger partial charge in [-0.15, -0.1) is 0 Å². The molecule has 204 valence electrons. The summed E-state index contributed by atoms with van der Waals surface area (Å²) in [4.78, 5) is 41.7. The highest BCUT2D eigenvalue weighted by Crippen LogP contribution is 2.57. The van der Waals surface area contributed by atoms with Crippen molar-refractivity contribution in [2.45, 2.75) is 43.2 Å². The molecule has 2 aromatic carbocycles. The molecule has 1 amide bonds. The molecule has 2 heterocycles. The van der Waals surface area contributed by atoms with Crippen molar-refractivity contribution in [3.63, 3.8) is 0 Å². The molecule has 1 aliphatic heterocycles. The van der Waals surface area contributed by atoms with E-state index in [9.17, 15) is 22.8 Å². The zero-order valence-corrected chi connectivity index (χ0v) is 21.6. The number of carbonyl (C=O) groups excluding carboxylic acids is 2. The second-order valence-corrected chi connectivity index (χ2v) is 11.9. The Bertz CT molecular complexity index is 1700. The van der Waals surface area contributed by atoms with Crippen LogP contribution in [0.2, 0.25) is 0 Å². The van der Waals surface area contributed by atoms with E-state index in [1.165, 1.54) is 24.3 Å². The van der Waals surface area contributed by atoms with Crippen LogP contribution in [0.1, 0.15) is 32.3 Å². The molecule has 0 radical (unpaired) electrons. The van der Waals surface area contributed by atoms with E-state index < -0.39 is 55.4 Å². The molecular weight excluding hydrogens is 537 g/mol. The lowest BCUT2D eigenvalue weighted by molar-refractivity contribution is -0.184. The fourth-order valence-corrected chi connectivity index (χ4v) is 5.95. The van der Waals surface area contributed by atoms with Crippen molar-refractivity contribution in [2.75, 3.05) is 4.90 Å². The third-order valence-electron chi connectivity index (χ3n) is 7.06. The van der Waals surface area contributed by atoms with Crippen LogP contribution in [-0.2, 0) is 25.0 Å². The SMILES string of the molecule is CC1(C)CC(=O)C2=C(C1)N(c1ccccc1)C(=O)C2(c1c[nH]n(-c2ccc(S(N)(=O)=O)cc2)c1=O)C(F)(F)F. The predicted molar refractivity (Wildman–Crippen MR) is 134 cm³/mol. The van der Waals surface area contributed by atoms with Gasteiger partial charge in [-0.1, -0.05) is 32.0 Å². The van der Waals surface area contributed by atoms with Gasteiger partial charge in [0.1, 0.15) is 0 Å². The number of amides is 1. The van der Waals surface area contributed by atoms with Crippen molar-refractivity contribution in [1.82, 2.24) is 9.78 Å². The lowest BCUT2D eigenvalue weighted by atomic mass is 9.67. The number of carbonyl (C=O) groups is 2. The van der Waals surface area contributed by atoms with E-state index in [-0.39, 0.29) is 34.8 Å². The number of alkyl halides is 3. The Hall–Kier alpha value is -3.97. The Kier molecular flexibility index (Phi) is 5.81. The number of allylic oxidation sites excluding steroid dienone is 1. The van der Waals surface area contributed by atoms with Crippen LogP contribution in [-0.4, -0.2) is 36.1 Å². The van der Waals surface area contributed by atoms with Crippen LogP contribution < -0.4 is 15.6 Å². The van der Waals surface area contributed by atoms with Crippen LogP contribution in [0.15, 0.2) is 81.8 Å². The van der Waals surface area contributed by atoms with E-state index in [1.807, 2.05) is 0 Å². The minimum absolute atomic E-state index is 0.000174. The number of nitrogens with zero attached hydrogens (tertiary/aromatic N) is 2. The Balaban J connectivity index is 1.78. The molecule has 39 heavy (non-hydrogen) atoms. The summed E-state index contributed by atoms with van der Waals surface area (Å²) >= 11 is 0. The lowest BCUT2D eigenvalue weighted by Crippen LogP contribution is -2.55. The van der Waals surface area contributed by atoms with E-state index in [1.54, 1.807) is 32.0 Å². The monoisotopic (exact) mass is 560 g/mol. The fourth-order valence-electron chi connectivity index (χ4n) is 5.43. The van der Waals surface area contributed by atoms with Crippen LogP contribution in [0.25, 0.3) is 5.69 Å². The number of benzene rings is 2. The summed E-state index contributed by atoms with van der Waals surface area (Å²) in [6, 6.07) is 12.2. The number of Topliss-reactive ketones (excluding diaryl/α,β-unsaturated/α-hetero) is 1. The molecule has 5 rings (SSSR count). The first-order valence-corrected chi connectivity index (χ1v) is 13.3. The molecule has 1 atom stereocenters. The Labute approximate surface area is 220 Å². The molecule has 0 saturated carbocycles. The van der Waals surface area contributed by atoms with Gasteiger partial charge in [-0.2, -0.15) is 13.2 Å². The van der Waals surface area contributed by atoms with Crippen molar-refractivity contribution in [3.05, 3.63) is 88.0 Å². The number of nitrogens with one attached hydrogen (secondary N) is 1. The molecule has 0 bridgehead atoms. The van der Waals surface area contributed by atoms with Gasteiger partial charge < -0.3 is 0 Å². The van der Waals surface area contributed by atoms with E-state index in [4.69, 9.17) is 5.14 Å². The normalized spacial score (nSPS) is 21.4. The van der Waals surface area contributed by atoms with Gasteiger partial charge in [-0.3, -0.25) is 24.4 Å². The molecular formula is C26H23F3N4O5S. The first-order chi connectivity index (χ1) is 18.1. The Morgan fingerprint density at radius 2 is 1.54 bits per heavy atom. The smallest absolute Gasteiger partial charge is 0.298 e. The maximum Gasteiger partial charge on any atom is 0.411 e. The molecule has 0 fully saturated rings. The average Bonchev–Trinajstić information content (AvgIpc) is 3.33. The molecule has 0 spiro atoms. The van der Waals surface area contributed by atoms with Gasteiger partial charge in [-0.05, 0) is 48.2 Å². The van der Waals surface area contributed by atoms with Crippen LogP contribution in [0.5, 0.6) is 0 Å². The number of nitrogens with two attached hydrogens (primary N) is 1. The minimum atomic E-state index is -5.36. The second-order valence-electron chi connectivity index (χ2n) is 10.4. The number of aromatic amines is 1. The van der Waals surface area contributed by atoms with Crippen molar-refractivity contribution in [3.8, 4) is 5.69 Å². The van der Waals surface area contributed by atoms with Crippen LogP contribution in [0, 0.1) is 5.41 Å². The summed E-state index contributed by atoms with van der Waals surface area (Å²) in [6.07, 6.45) is -4.83. The minimum Gasteiger partial charge on any atom is -0.298 e. The second kappa shape index (κ2) is 8.52. The summed E-state index contributed by atoms with van der Waals surface area (Å²) in [5, 5.41) is 7.53. The molecule has 1 aromatic heterocycles. The number of rotatable bonds is 4. The lowest BCUT2D eigenvalue weighted by Gasteiger charge is -2.34.